The summed E-state index contributed by atoms with van der Waals surface area (Å²) in [5, 5.41) is 0. The molecule has 0 aromatic heterocycles. The molecular formula is C41H48N2O3. The smallest absolute Gasteiger partial charge is 0.220 e. The van der Waals surface area contributed by atoms with Gasteiger partial charge in [-0.05, 0) is 85.3 Å². The number of rotatable bonds is 16. The lowest BCUT2D eigenvalue weighted by molar-refractivity contribution is 0.103. The number of hydrogen-bond donors (Lipinski definition) is 0. The van der Waals surface area contributed by atoms with Gasteiger partial charge in [-0.1, -0.05) is 101 Å². The monoisotopic (exact) mass is 616 g/mol. The summed E-state index contributed by atoms with van der Waals surface area (Å²) in [7, 11) is 3.23. The number of unbranched alkanes of at least 4 members (excludes halogenated alkanes) is 6. The van der Waals surface area contributed by atoms with Crippen molar-refractivity contribution in [3.8, 4) is 0 Å². The van der Waals surface area contributed by atoms with Gasteiger partial charge in [0.25, 0.3) is 0 Å². The first kappa shape index (κ1) is 34.4. The number of hydrogen-bond acceptors (Lipinski definition) is 5. The van der Waals surface area contributed by atoms with E-state index in [2.05, 4.69) is 38.1 Å². The molecule has 0 saturated carbocycles. The van der Waals surface area contributed by atoms with E-state index in [1.165, 1.54) is 62.5 Å². The number of aliphatic imine (C=N–C) groups is 2. The fourth-order valence-electron chi connectivity index (χ4n) is 5.37. The Balaban J connectivity index is 1.38. The summed E-state index contributed by atoms with van der Waals surface area (Å²) >= 11 is 0. The molecule has 4 aromatic rings. The predicted molar refractivity (Wildman–Crippen MR) is 191 cm³/mol. The van der Waals surface area contributed by atoms with Crippen LogP contribution in [0.3, 0.4) is 0 Å². The molecule has 4 rings (SSSR count). The first-order valence-electron chi connectivity index (χ1n) is 16.7. The molecule has 0 atom stereocenters. The van der Waals surface area contributed by atoms with Crippen molar-refractivity contribution < 1.29 is 14.3 Å². The molecule has 0 saturated heterocycles. The average molecular weight is 617 g/mol. The van der Waals surface area contributed by atoms with Crippen LogP contribution >= 0.6 is 0 Å². The molecular weight excluding hydrogens is 568 g/mol. The molecule has 0 fully saturated rings. The molecule has 0 amide bonds. The molecule has 0 aliphatic carbocycles. The summed E-state index contributed by atoms with van der Waals surface area (Å²) in [5.41, 5.74) is 7.13. The zero-order valence-corrected chi connectivity index (χ0v) is 27.9. The first-order valence-corrected chi connectivity index (χ1v) is 16.7. The fourth-order valence-corrected chi connectivity index (χ4v) is 5.37. The number of ether oxygens (including phenoxy) is 2. The summed E-state index contributed by atoms with van der Waals surface area (Å²) in [6, 6.07) is 31.4. The molecule has 240 valence electrons. The van der Waals surface area contributed by atoms with Crippen molar-refractivity contribution in [3.05, 3.63) is 130 Å². The third-order valence-electron chi connectivity index (χ3n) is 8.15. The number of benzene rings is 4. The number of nitrogens with zero attached hydrogens (tertiary/aromatic N) is 2. The molecule has 0 radical (unpaired) electrons. The van der Waals surface area contributed by atoms with Crippen LogP contribution in [-0.4, -0.2) is 31.8 Å². The first-order chi connectivity index (χ1) is 22.5. The lowest BCUT2D eigenvalue weighted by Gasteiger charge is -2.09. The maximum absolute atomic E-state index is 13.3. The topological polar surface area (TPSA) is 60.2 Å². The minimum absolute atomic E-state index is 0.0611. The van der Waals surface area contributed by atoms with E-state index in [-0.39, 0.29) is 5.78 Å². The van der Waals surface area contributed by atoms with Crippen molar-refractivity contribution >= 4 is 29.0 Å². The SMILES string of the molecule is CCCCCCc1ccc(N=C(OC)c2ccc(C(=O)c3ccc(C(=Nc4ccc(CCCCCC)cc4)OC)cc3)cc2)cc1. The minimum atomic E-state index is -0.0611. The highest BCUT2D eigenvalue weighted by atomic mass is 16.5. The summed E-state index contributed by atoms with van der Waals surface area (Å²) in [5.74, 6) is 0.952. The third-order valence-corrected chi connectivity index (χ3v) is 8.15. The van der Waals surface area contributed by atoms with Gasteiger partial charge in [0.05, 0.1) is 25.6 Å². The Bertz CT molecular complexity index is 1430. The zero-order valence-electron chi connectivity index (χ0n) is 27.9. The second kappa shape index (κ2) is 18.5. The van der Waals surface area contributed by atoms with Crippen LogP contribution in [0.15, 0.2) is 107 Å². The van der Waals surface area contributed by atoms with Crippen LogP contribution in [0, 0.1) is 0 Å². The third kappa shape index (κ3) is 10.3. The van der Waals surface area contributed by atoms with Crippen molar-refractivity contribution in [2.45, 2.75) is 78.1 Å². The molecule has 0 aliphatic heterocycles. The van der Waals surface area contributed by atoms with Crippen molar-refractivity contribution in [2.75, 3.05) is 14.2 Å². The standard InChI is InChI=1S/C41H48N2O3/c1-5-7-9-11-13-31-15-27-37(28-16-31)42-40(45-3)35-23-19-33(20-24-35)39(44)34-21-25-36(26-22-34)41(46-4)43-38-29-17-32(18-30-38)14-12-10-8-6-2/h15-30H,5-14H2,1-4H3. The summed E-state index contributed by atoms with van der Waals surface area (Å²) in [6.45, 7) is 4.46. The van der Waals surface area contributed by atoms with Gasteiger partial charge in [-0.2, -0.15) is 0 Å². The van der Waals surface area contributed by atoms with Crippen LogP contribution in [0.1, 0.15) is 103 Å². The number of carbonyl (C=O) groups excluding carboxylic acids is 1. The van der Waals surface area contributed by atoms with Gasteiger partial charge in [0.1, 0.15) is 0 Å². The van der Waals surface area contributed by atoms with Gasteiger partial charge in [-0.25, -0.2) is 9.98 Å². The molecule has 0 bridgehead atoms. The summed E-state index contributed by atoms with van der Waals surface area (Å²) in [6.07, 6.45) is 12.2. The molecule has 46 heavy (non-hydrogen) atoms. The Hall–Kier alpha value is -4.51. The molecule has 4 aromatic carbocycles. The highest BCUT2D eigenvalue weighted by Crippen LogP contribution is 2.21. The largest absolute Gasteiger partial charge is 0.481 e. The Morgan fingerprint density at radius 2 is 0.826 bits per heavy atom. The average Bonchev–Trinajstić information content (AvgIpc) is 3.11. The molecule has 0 unspecified atom stereocenters. The van der Waals surface area contributed by atoms with Gasteiger partial charge >= 0.3 is 0 Å². The zero-order chi connectivity index (χ0) is 32.6. The minimum Gasteiger partial charge on any atom is -0.481 e. The van der Waals surface area contributed by atoms with Gasteiger partial charge in [0.2, 0.25) is 11.8 Å². The Kier molecular flexibility index (Phi) is 13.8. The van der Waals surface area contributed by atoms with E-state index in [4.69, 9.17) is 19.5 Å². The van der Waals surface area contributed by atoms with E-state index in [0.717, 1.165) is 35.3 Å². The lowest BCUT2D eigenvalue weighted by Crippen LogP contribution is -2.07. The van der Waals surface area contributed by atoms with Crippen LogP contribution in [0.2, 0.25) is 0 Å². The van der Waals surface area contributed by atoms with Crippen molar-refractivity contribution in [1.29, 1.82) is 0 Å². The van der Waals surface area contributed by atoms with Gasteiger partial charge in [-0.3, -0.25) is 4.79 Å². The number of ketones is 1. The van der Waals surface area contributed by atoms with E-state index in [1.807, 2.05) is 72.8 Å². The van der Waals surface area contributed by atoms with Crippen molar-refractivity contribution in [2.24, 2.45) is 9.98 Å². The Morgan fingerprint density at radius 1 is 0.478 bits per heavy atom. The molecule has 0 N–H and O–H groups in total. The molecule has 5 heteroatoms. The van der Waals surface area contributed by atoms with E-state index >= 15 is 0 Å². The molecule has 0 heterocycles. The van der Waals surface area contributed by atoms with E-state index in [9.17, 15) is 4.79 Å². The van der Waals surface area contributed by atoms with Crippen LogP contribution in [0.25, 0.3) is 0 Å². The lowest BCUT2D eigenvalue weighted by atomic mass is 10.0. The van der Waals surface area contributed by atoms with Crippen LogP contribution in [0.5, 0.6) is 0 Å². The maximum Gasteiger partial charge on any atom is 0.220 e. The van der Waals surface area contributed by atoms with Gasteiger partial charge < -0.3 is 9.47 Å². The molecule has 5 nitrogen and oxygen atoms in total. The Morgan fingerprint density at radius 3 is 1.15 bits per heavy atom. The van der Waals surface area contributed by atoms with Crippen molar-refractivity contribution in [3.63, 3.8) is 0 Å². The maximum atomic E-state index is 13.3. The van der Waals surface area contributed by atoms with E-state index in [1.54, 1.807) is 14.2 Å². The highest BCUT2D eigenvalue weighted by Gasteiger charge is 2.13. The van der Waals surface area contributed by atoms with Crippen LogP contribution in [0.4, 0.5) is 11.4 Å². The normalized spacial score (nSPS) is 11.8. The summed E-state index contributed by atoms with van der Waals surface area (Å²) < 4.78 is 11.2. The highest BCUT2D eigenvalue weighted by molar-refractivity contribution is 6.10. The van der Waals surface area contributed by atoms with E-state index < -0.39 is 0 Å². The quantitative estimate of drug-likeness (QED) is 0.0544. The Labute approximate surface area is 275 Å². The second-order valence-electron chi connectivity index (χ2n) is 11.7. The van der Waals surface area contributed by atoms with E-state index in [0.29, 0.717) is 22.9 Å². The molecule has 0 aliphatic rings. The van der Waals surface area contributed by atoms with Gasteiger partial charge in [0, 0.05) is 22.3 Å². The van der Waals surface area contributed by atoms with Gasteiger partial charge in [0.15, 0.2) is 5.78 Å². The van der Waals surface area contributed by atoms with Crippen LogP contribution in [-0.2, 0) is 22.3 Å². The van der Waals surface area contributed by atoms with Crippen LogP contribution < -0.4 is 0 Å². The van der Waals surface area contributed by atoms with Gasteiger partial charge in [-0.15, -0.1) is 0 Å². The second-order valence-corrected chi connectivity index (χ2v) is 11.7. The van der Waals surface area contributed by atoms with Crippen molar-refractivity contribution in [1.82, 2.24) is 0 Å². The number of aryl methyl sites for hydroxylation is 2. The fraction of sp³-hybridized carbons (Fsp3) is 0.341. The number of carbonyl (C=O) groups is 1. The molecule has 0 spiro atoms. The summed E-state index contributed by atoms with van der Waals surface area (Å²) in [4.78, 5) is 22.7. The predicted octanol–water partition coefficient (Wildman–Crippen LogP) is 10.6. The number of methoxy groups -OCH3 is 2.